The summed E-state index contributed by atoms with van der Waals surface area (Å²) in [5.74, 6) is -1.48. The van der Waals surface area contributed by atoms with E-state index < -0.39 is 17.9 Å². The Morgan fingerprint density at radius 1 is 1.50 bits per heavy atom. The minimum absolute atomic E-state index is 0.218. The van der Waals surface area contributed by atoms with Gasteiger partial charge < -0.3 is 20.6 Å². The molecule has 2 aliphatic rings. The van der Waals surface area contributed by atoms with Crippen LogP contribution < -0.4 is 10.6 Å². The molecule has 1 heterocycles. The molecule has 1 saturated heterocycles. The summed E-state index contributed by atoms with van der Waals surface area (Å²) in [7, 11) is 0. The zero-order chi connectivity index (χ0) is 14.8. The van der Waals surface area contributed by atoms with Crippen LogP contribution in [0.2, 0.25) is 0 Å². The first-order valence-corrected chi connectivity index (χ1v) is 7.01. The first-order chi connectivity index (χ1) is 9.47. The molecule has 20 heavy (non-hydrogen) atoms. The number of carboxylic acids is 1. The van der Waals surface area contributed by atoms with E-state index in [2.05, 4.69) is 17.6 Å². The summed E-state index contributed by atoms with van der Waals surface area (Å²) < 4.78 is 0. The second-order valence-corrected chi connectivity index (χ2v) is 5.61. The van der Waals surface area contributed by atoms with Crippen molar-refractivity contribution in [3.05, 3.63) is 0 Å². The molecule has 3 N–H and O–H groups in total. The molecule has 0 aromatic carbocycles. The number of hydrogen-bond donors (Lipinski definition) is 3. The van der Waals surface area contributed by atoms with Gasteiger partial charge in [0.2, 0.25) is 5.91 Å². The van der Waals surface area contributed by atoms with Crippen molar-refractivity contribution in [2.24, 2.45) is 5.41 Å². The fourth-order valence-corrected chi connectivity index (χ4v) is 2.52. The van der Waals surface area contributed by atoms with Crippen LogP contribution in [0, 0.1) is 5.41 Å². The van der Waals surface area contributed by atoms with Gasteiger partial charge in [0.25, 0.3) is 0 Å². The molecule has 112 valence electrons. The molecule has 0 spiro atoms. The van der Waals surface area contributed by atoms with Crippen LogP contribution in [0.1, 0.15) is 32.6 Å². The minimum Gasteiger partial charge on any atom is -0.481 e. The zero-order valence-electron chi connectivity index (χ0n) is 11.6. The van der Waals surface area contributed by atoms with Crippen molar-refractivity contribution in [1.29, 1.82) is 0 Å². The van der Waals surface area contributed by atoms with E-state index in [0.717, 1.165) is 19.3 Å². The van der Waals surface area contributed by atoms with Crippen molar-refractivity contribution < 1.29 is 19.5 Å². The molecular formula is C13H21N3O4. The van der Waals surface area contributed by atoms with Crippen molar-refractivity contribution in [2.75, 3.05) is 19.6 Å². The Balaban J connectivity index is 1.94. The van der Waals surface area contributed by atoms with Gasteiger partial charge in [-0.15, -0.1) is 0 Å². The Labute approximate surface area is 117 Å². The Morgan fingerprint density at radius 2 is 2.20 bits per heavy atom. The van der Waals surface area contributed by atoms with E-state index in [-0.39, 0.29) is 17.9 Å². The molecule has 1 unspecified atom stereocenters. The van der Waals surface area contributed by atoms with Crippen molar-refractivity contribution in [1.82, 2.24) is 15.5 Å². The maximum Gasteiger partial charge on any atom is 0.318 e. The highest BCUT2D eigenvalue weighted by atomic mass is 16.4. The number of nitrogens with one attached hydrogen (secondary N) is 2. The lowest BCUT2D eigenvalue weighted by atomic mass is 10.0. The summed E-state index contributed by atoms with van der Waals surface area (Å²) in [6.07, 6.45) is 2.89. The predicted molar refractivity (Wildman–Crippen MR) is 71.1 cm³/mol. The average Bonchev–Trinajstić information content (AvgIpc) is 3.18. The van der Waals surface area contributed by atoms with Gasteiger partial charge in [-0.25, -0.2) is 4.79 Å². The van der Waals surface area contributed by atoms with Crippen LogP contribution in [0.4, 0.5) is 4.79 Å². The highest BCUT2D eigenvalue weighted by molar-refractivity contribution is 5.91. The number of carbonyl (C=O) groups excluding carboxylic acids is 2. The van der Waals surface area contributed by atoms with Crippen LogP contribution in [-0.4, -0.2) is 53.6 Å². The predicted octanol–water partition coefficient (Wildman–Crippen LogP) is 0.161. The summed E-state index contributed by atoms with van der Waals surface area (Å²) >= 11 is 0. The average molecular weight is 283 g/mol. The second kappa shape index (κ2) is 5.68. The molecule has 0 aromatic rings. The highest BCUT2D eigenvalue weighted by Crippen LogP contribution is 2.47. The molecule has 7 heteroatoms. The summed E-state index contributed by atoms with van der Waals surface area (Å²) in [4.78, 5) is 36.0. The Kier molecular flexibility index (Phi) is 4.15. The Bertz CT molecular complexity index is 420. The van der Waals surface area contributed by atoms with Gasteiger partial charge in [0.1, 0.15) is 6.04 Å². The number of amides is 3. The van der Waals surface area contributed by atoms with Crippen LogP contribution in [0.25, 0.3) is 0 Å². The van der Waals surface area contributed by atoms with Crippen molar-refractivity contribution >= 4 is 17.9 Å². The van der Waals surface area contributed by atoms with Gasteiger partial charge in [0, 0.05) is 19.6 Å². The third-order valence-corrected chi connectivity index (χ3v) is 4.28. The van der Waals surface area contributed by atoms with Gasteiger partial charge in [-0.05, 0) is 24.7 Å². The molecule has 2 rings (SSSR count). The summed E-state index contributed by atoms with van der Waals surface area (Å²) in [6, 6.07) is -1.26. The molecule has 1 aliphatic heterocycles. The van der Waals surface area contributed by atoms with Crippen molar-refractivity contribution in [3.63, 3.8) is 0 Å². The molecule has 1 aliphatic carbocycles. The van der Waals surface area contributed by atoms with Gasteiger partial charge in [0.05, 0.1) is 6.42 Å². The fourth-order valence-electron chi connectivity index (χ4n) is 2.52. The maximum atomic E-state index is 12.2. The van der Waals surface area contributed by atoms with Crippen LogP contribution in [0.5, 0.6) is 0 Å². The molecule has 0 bridgehead atoms. The molecule has 1 saturated carbocycles. The first kappa shape index (κ1) is 14.6. The molecule has 2 fully saturated rings. The SMILES string of the molecule is CCC1(CNC(=O)N2CCNC(=O)C2CC(=O)O)CC1. The number of piperazine rings is 1. The topological polar surface area (TPSA) is 98.7 Å². The highest BCUT2D eigenvalue weighted by Gasteiger charge is 2.42. The summed E-state index contributed by atoms with van der Waals surface area (Å²) in [5, 5.41) is 14.3. The maximum absolute atomic E-state index is 12.2. The van der Waals surface area contributed by atoms with E-state index in [0.29, 0.717) is 19.6 Å². The van der Waals surface area contributed by atoms with Crippen molar-refractivity contribution in [2.45, 2.75) is 38.6 Å². The third-order valence-electron chi connectivity index (χ3n) is 4.28. The van der Waals surface area contributed by atoms with E-state index in [1.807, 2.05) is 0 Å². The number of carboxylic acid groups (broad SMARTS) is 1. The van der Waals surface area contributed by atoms with Crippen LogP contribution in [0.3, 0.4) is 0 Å². The Hall–Kier alpha value is -1.79. The fraction of sp³-hybridized carbons (Fsp3) is 0.769. The summed E-state index contributed by atoms with van der Waals surface area (Å²) in [5.41, 5.74) is 0.218. The molecule has 3 amide bonds. The normalized spacial score (nSPS) is 23.9. The lowest BCUT2D eigenvalue weighted by Gasteiger charge is -2.34. The molecule has 0 aromatic heterocycles. The van der Waals surface area contributed by atoms with E-state index in [9.17, 15) is 14.4 Å². The molecule has 7 nitrogen and oxygen atoms in total. The number of nitrogens with zero attached hydrogens (tertiary/aromatic N) is 1. The molecular weight excluding hydrogens is 262 g/mol. The van der Waals surface area contributed by atoms with Gasteiger partial charge in [-0.1, -0.05) is 6.92 Å². The van der Waals surface area contributed by atoms with Gasteiger partial charge in [0.15, 0.2) is 0 Å². The van der Waals surface area contributed by atoms with E-state index in [1.165, 1.54) is 4.90 Å². The standard InChI is InChI=1S/C13H21N3O4/c1-2-13(3-4-13)8-15-12(20)16-6-5-14-11(19)9(16)7-10(17)18/h9H,2-8H2,1H3,(H,14,19)(H,15,20)(H,17,18). The second-order valence-electron chi connectivity index (χ2n) is 5.61. The van der Waals surface area contributed by atoms with Crippen LogP contribution >= 0.6 is 0 Å². The van der Waals surface area contributed by atoms with Gasteiger partial charge in [-0.2, -0.15) is 0 Å². The Morgan fingerprint density at radius 3 is 2.75 bits per heavy atom. The third kappa shape index (κ3) is 3.20. The number of carbonyl (C=O) groups is 3. The monoisotopic (exact) mass is 283 g/mol. The van der Waals surface area contributed by atoms with Gasteiger partial charge in [-0.3, -0.25) is 9.59 Å². The lowest BCUT2D eigenvalue weighted by Crippen LogP contribution is -2.60. The summed E-state index contributed by atoms with van der Waals surface area (Å²) in [6.45, 7) is 3.40. The largest absolute Gasteiger partial charge is 0.481 e. The zero-order valence-corrected chi connectivity index (χ0v) is 11.6. The number of hydrogen-bond acceptors (Lipinski definition) is 3. The first-order valence-electron chi connectivity index (χ1n) is 7.01. The number of aliphatic carboxylic acids is 1. The number of urea groups is 1. The molecule has 1 atom stereocenters. The van der Waals surface area contributed by atoms with E-state index in [1.54, 1.807) is 0 Å². The van der Waals surface area contributed by atoms with Crippen molar-refractivity contribution in [3.8, 4) is 0 Å². The van der Waals surface area contributed by atoms with E-state index >= 15 is 0 Å². The van der Waals surface area contributed by atoms with E-state index in [4.69, 9.17) is 5.11 Å². The number of rotatable bonds is 5. The smallest absolute Gasteiger partial charge is 0.318 e. The molecule has 0 radical (unpaired) electrons. The van der Waals surface area contributed by atoms with Crippen LogP contribution in [0.15, 0.2) is 0 Å². The quantitative estimate of drug-likeness (QED) is 0.669. The van der Waals surface area contributed by atoms with Gasteiger partial charge >= 0.3 is 12.0 Å². The van der Waals surface area contributed by atoms with Crippen LogP contribution in [-0.2, 0) is 9.59 Å². The minimum atomic E-state index is -1.09. The lowest BCUT2D eigenvalue weighted by molar-refractivity contribution is -0.142.